The molecule has 0 aliphatic heterocycles. The van der Waals surface area contributed by atoms with Crippen LogP contribution in [0.1, 0.15) is 30.5 Å². The summed E-state index contributed by atoms with van der Waals surface area (Å²) in [6.45, 7) is 10.4. The van der Waals surface area contributed by atoms with E-state index in [4.69, 9.17) is 0 Å². The zero-order valence-corrected chi connectivity index (χ0v) is 37.1. The van der Waals surface area contributed by atoms with Crippen molar-refractivity contribution in [2.24, 2.45) is 0 Å². The van der Waals surface area contributed by atoms with Crippen molar-refractivity contribution in [3.63, 3.8) is 0 Å². The summed E-state index contributed by atoms with van der Waals surface area (Å²) in [7, 11) is 0. The van der Waals surface area contributed by atoms with Gasteiger partial charge in [0.1, 0.15) is 0 Å². The summed E-state index contributed by atoms with van der Waals surface area (Å²) in [5, 5.41) is 3.65. The zero-order valence-electron chi connectivity index (χ0n) is 36.3. The van der Waals surface area contributed by atoms with Gasteiger partial charge >= 0.3 is 0 Å². The van der Waals surface area contributed by atoms with E-state index in [0.717, 1.165) is 28.4 Å². The second kappa shape index (κ2) is 21.4. The highest BCUT2D eigenvalue weighted by Gasteiger charge is 2.14. The number of nitrogens with one attached hydrogen (secondary N) is 1. The van der Waals surface area contributed by atoms with Crippen LogP contribution in [0, 0.1) is 20.8 Å². The highest BCUT2D eigenvalue weighted by Crippen LogP contribution is 2.40. The third-order valence-electron chi connectivity index (χ3n) is 10.6. The number of anilines is 5. The molecule has 0 saturated heterocycles. The van der Waals surface area contributed by atoms with E-state index < -0.39 is 0 Å². The van der Waals surface area contributed by atoms with E-state index in [1.807, 2.05) is 13.8 Å². The maximum atomic E-state index is 3.65. The molecule has 0 aromatic heterocycles. The lowest BCUT2D eigenvalue weighted by atomic mass is 9.97. The summed E-state index contributed by atoms with van der Waals surface area (Å²) in [5.41, 5.74) is 16.9. The quantitative estimate of drug-likeness (QED) is 0.148. The molecule has 0 aliphatic carbocycles. The summed E-state index contributed by atoms with van der Waals surface area (Å²) in [6, 6.07) is 81.5. The third kappa shape index (κ3) is 10.8. The highest BCUT2D eigenvalue weighted by atomic mass is 32.2. The zero-order chi connectivity index (χ0) is 43.1. The predicted octanol–water partition coefficient (Wildman–Crippen LogP) is 17.7. The van der Waals surface area contributed by atoms with E-state index in [0.29, 0.717) is 0 Å². The third-order valence-corrected chi connectivity index (χ3v) is 11.7. The molecule has 0 atom stereocenters. The van der Waals surface area contributed by atoms with E-state index in [1.54, 1.807) is 11.8 Å². The molecule has 9 rings (SSSR count). The minimum absolute atomic E-state index is 1.04. The van der Waals surface area contributed by atoms with Crippen LogP contribution in [0.5, 0.6) is 0 Å². The Hall–Kier alpha value is -7.07. The second-order valence-corrected chi connectivity index (χ2v) is 16.0. The molecule has 9 aromatic rings. The van der Waals surface area contributed by atoms with Gasteiger partial charge in [0.25, 0.3) is 0 Å². The standard InChI is InChI=1S/C43H34N2S.C14H14.C2H6/c1-32-20-24-36(25-21-32)45(37-26-22-35(23-27-37)44-42-18-10-8-16-40(42)33-12-4-2-5-13-33)38-28-30-39(31-29-38)46-43-19-11-9-17-41(43)34-14-6-3-7-15-34;1-11-7-3-5-9-13(11)14-10-6-4-8-12(14)2;1-2/h2-31,44H,1H3;3-10H,1-2H3;1-2H3. The highest BCUT2D eigenvalue weighted by molar-refractivity contribution is 7.99. The summed E-state index contributed by atoms with van der Waals surface area (Å²) >= 11 is 1.80. The molecule has 9 aromatic carbocycles. The summed E-state index contributed by atoms with van der Waals surface area (Å²) in [4.78, 5) is 4.76. The number of hydrogen-bond donors (Lipinski definition) is 1. The molecule has 62 heavy (non-hydrogen) atoms. The lowest BCUT2D eigenvalue weighted by molar-refractivity contribution is 1.26. The minimum atomic E-state index is 1.04. The number of para-hydroxylation sites is 1. The van der Waals surface area contributed by atoms with E-state index in [1.165, 1.54) is 59.9 Å². The van der Waals surface area contributed by atoms with Gasteiger partial charge in [0, 0.05) is 43.8 Å². The Balaban J connectivity index is 0.000000304. The first-order valence-electron chi connectivity index (χ1n) is 21.4. The monoisotopic (exact) mass is 822 g/mol. The Bertz CT molecular complexity index is 2590. The Morgan fingerprint density at radius 1 is 0.355 bits per heavy atom. The van der Waals surface area contributed by atoms with Gasteiger partial charge in [-0.2, -0.15) is 0 Å². The van der Waals surface area contributed by atoms with Crippen LogP contribution in [-0.2, 0) is 0 Å². The van der Waals surface area contributed by atoms with Crippen LogP contribution in [-0.4, -0.2) is 0 Å². The van der Waals surface area contributed by atoms with E-state index in [-0.39, 0.29) is 0 Å². The molecule has 3 heteroatoms. The Kier molecular flexibility index (Phi) is 14.9. The number of benzene rings is 9. The second-order valence-electron chi connectivity index (χ2n) is 14.8. The molecule has 0 amide bonds. The molecule has 0 radical (unpaired) electrons. The lowest BCUT2D eigenvalue weighted by Gasteiger charge is -2.26. The van der Waals surface area contributed by atoms with Crippen molar-refractivity contribution < 1.29 is 0 Å². The largest absolute Gasteiger partial charge is 0.355 e. The fourth-order valence-electron chi connectivity index (χ4n) is 7.40. The van der Waals surface area contributed by atoms with Gasteiger partial charge in [-0.1, -0.05) is 189 Å². The van der Waals surface area contributed by atoms with Gasteiger partial charge in [-0.25, -0.2) is 0 Å². The first kappa shape index (κ1) is 43.0. The van der Waals surface area contributed by atoms with Crippen molar-refractivity contribution in [1.29, 1.82) is 0 Å². The maximum Gasteiger partial charge on any atom is 0.0463 e. The van der Waals surface area contributed by atoms with Crippen LogP contribution in [0.3, 0.4) is 0 Å². The number of aryl methyl sites for hydroxylation is 3. The molecule has 0 saturated carbocycles. The van der Waals surface area contributed by atoms with Crippen molar-refractivity contribution in [3.8, 4) is 33.4 Å². The van der Waals surface area contributed by atoms with Gasteiger partial charge in [-0.05, 0) is 133 Å². The lowest BCUT2D eigenvalue weighted by Crippen LogP contribution is -2.10. The van der Waals surface area contributed by atoms with Gasteiger partial charge in [0.05, 0.1) is 0 Å². The minimum Gasteiger partial charge on any atom is -0.355 e. The molecule has 0 aliphatic rings. The van der Waals surface area contributed by atoms with Crippen LogP contribution in [0.4, 0.5) is 28.4 Å². The van der Waals surface area contributed by atoms with Crippen LogP contribution in [0.15, 0.2) is 240 Å². The molecule has 0 bridgehead atoms. The van der Waals surface area contributed by atoms with E-state index in [9.17, 15) is 0 Å². The fraction of sp³-hybridized carbons (Fsp3) is 0.0847. The topological polar surface area (TPSA) is 15.3 Å². The van der Waals surface area contributed by atoms with Gasteiger partial charge in [0.2, 0.25) is 0 Å². The maximum absolute atomic E-state index is 3.65. The summed E-state index contributed by atoms with van der Waals surface area (Å²) < 4.78 is 0. The van der Waals surface area contributed by atoms with E-state index in [2.05, 4.69) is 262 Å². The number of hydrogen-bond acceptors (Lipinski definition) is 3. The molecular weight excluding hydrogens is 769 g/mol. The van der Waals surface area contributed by atoms with Crippen molar-refractivity contribution in [2.45, 2.75) is 44.4 Å². The van der Waals surface area contributed by atoms with Gasteiger partial charge in [0.15, 0.2) is 0 Å². The molecule has 0 unspecified atom stereocenters. The normalized spacial score (nSPS) is 10.4. The van der Waals surface area contributed by atoms with Gasteiger partial charge in [-0.15, -0.1) is 0 Å². The SMILES string of the molecule is CC.Cc1ccc(N(c2ccc(Nc3ccccc3-c3ccccc3)cc2)c2ccc(Sc3ccccc3-c3ccccc3)cc2)cc1.Cc1ccccc1-c1ccccc1C. The summed E-state index contributed by atoms with van der Waals surface area (Å²) in [5.74, 6) is 0. The Morgan fingerprint density at radius 3 is 1.29 bits per heavy atom. The average molecular weight is 823 g/mol. The van der Waals surface area contributed by atoms with Gasteiger partial charge in [-0.3, -0.25) is 0 Å². The molecular formula is C59H54N2S. The number of rotatable bonds is 10. The predicted molar refractivity (Wildman–Crippen MR) is 270 cm³/mol. The first-order valence-corrected chi connectivity index (χ1v) is 22.2. The van der Waals surface area contributed by atoms with Crippen molar-refractivity contribution in [2.75, 3.05) is 10.2 Å². The van der Waals surface area contributed by atoms with Crippen LogP contribution in [0.2, 0.25) is 0 Å². The smallest absolute Gasteiger partial charge is 0.0463 e. The average Bonchev–Trinajstić information content (AvgIpc) is 3.33. The van der Waals surface area contributed by atoms with Crippen LogP contribution in [0.25, 0.3) is 33.4 Å². The van der Waals surface area contributed by atoms with Crippen LogP contribution < -0.4 is 10.2 Å². The molecule has 2 nitrogen and oxygen atoms in total. The number of nitrogens with zero attached hydrogens (tertiary/aromatic N) is 1. The molecule has 0 spiro atoms. The fourth-order valence-corrected chi connectivity index (χ4v) is 8.37. The molecule has 1 N–H and O–H groups in total. The Labute approximate surface area is 373 Å². The molecule has 0 fully saturated rings. The summed E-state index contributed by atoms with van der Waals surface area (Å²) in [6.07, 6.45) is 0. The van der Waals surface area contributed by atoms with Crippen molar-refractivity contribution in [1.82, 2.24) is 0 Å². The molecule has 306 valence electrons. The van der Waals surface area contributed by atoms with E-state index >= 15 is 0 Å². The van der Waals surface area contributed by atoms with Gasteiger partial charge < -0.3 is 10.2 Å². The Morgan fingerprint density at radius 2 is 0.758 bits per heavy atom. The van der Waals surface area contributed by atoms with Crippen molar-refractivity contribution in [3.05, 3.63) is 247 Å². The van der Waals surface area contributed by atoms with Crippen LogP contribution >= 0.6 is 11.8 Å². The first-order chi connectivity index (χ1) is 30.5. The molecule has 0 heterocycles. The van der Waals surface area contributed by atoms with Crippen molar-refractivity contribution >= 4 is 40.2 Å².